The van der Waals surface area contributed by atoms with Crippen LogP contribution in [0.2, 0.25) is 0 Å². The minimum absolute atomic E-state index is 0.0384. The first-order valence-corrected chi connectivity index (χ1v) is 10.6. The quantitative estimate of drug-likeness (QED) is 0.380. The number of hydrogen-bond acceptors (Lipinski definition) is 5. The molecule has 0 aliphatic rings. The van der Waals surface area contributed by atoms with Crippen LogP contribution in [0.3, 0.4) is 0 Å². The maximum atomic E-state index is 12.9. The van der Waals surface area contributed by atoms with Gasteiger partial charge in [-0.25, -0.2) is 0 Å². The molecule has 0 saturated heterocycles. The smallest absolute Gasteiger partial charge is 0.378 e. The average Bonchev–Trinajstić information content (AvgIpc) is 3.15. The molecule has 1 heterocycles. The predicted molar refractivity (Wildman–Crippen MR) is 121 cm³/mol. The van der Waals surface area contributed by atoms with E-state index in [1.807, 2.05) is 47.8 Å². The number of carbonyl (C=O) groups is 1. The van der Waals surface area contributed by atoms with Gasteiger partial charge >= 0.3 is 6.18 Å². The maximum absolute atomic E-state index is 12.9. The van der Waals surface area contributed by atoms with Crippen molar-refractivity contribution in [3.8, 4) is 11.4 Å². The fraction of sp³-hybridized carbons (Fsp3) is 0.227. The number of alkyl halides is 3. The van der Waals surface area contributed by atoms with Gasteiger partial charge in [-0.2, -0.15) is 13.2 Å². The van der Waals surface area contributed by atoms with Crippen LogP contribution in [0.1, 0.15) is 5.56 Å². The molecule has 168 valence electrons. The van der Waals surface area contributed by atoms with Crippen LogP contribution in [-0.4, -0.2) is 40.5 Å². The normalized spacial score (nSPS) is 11.3. The molecular weight excluding hydrogens is 439 g/mol. The third kappa shape index (κ3) is 5.70. The lowest BCUT2D eigenvalue weighted by Crippen LogP contribution is -2.15. The molecule has 2 aromatic carbocycles. The van der Waals surface area contributed by atoms with Crippen LogP contribution in [0.25, 0.3) is 11.4 Å². The van der Waals surface area contributed by atoms with Gasteiger partial charge in [-0.05, 0) is 30.3 Å². The van der Waals surface area contributed by atoms with E-state index in [1.165, 1.54) is 12.1 Å². The van der Waals surface area contributed by atoms with E-state index < -0.39 is 17.6 Å². The van der Waals surface area contributed by atoms with Crippen molar-refractivity contribution in [2.45, 2.75) is 17.9 Å². The number of halogens is 3. The number of allylic oxidation sites excluding steroid dienone is 1. The summed E-state index contributed by atoms with van der Waals surface area (Å²) in [5, 5.41) is 11.5. The van der Waals surface area contributed by atoms with E-state index in [0.717, 1.165) is 35.1 Å². The molecule has 1 aromatic heterocycles. The Morgan fingerprint density at radius 1 is 1.19 bits per heavy atom. The number of amides is 1. The number of benzene rings is 2. The van der Waals surface area contributed by atoms with Crippen molar-refractivity contribution in [1.29, 1.82) is 0 Å². The van der Waals surface area contributed by atoms with Crippen molar-refractivity contribution in [3.05, 3.63) is 66.7 Å². The molecule has 0 spiro atoms. The van der Waals surface area contributed by atoms with Crippen LogP contribution in [0, 0.1) is 0 Å². The zero-order valence-corrected chi connectivity index (χ0v) is 18.4. The summed E-state index contributed by atoms with van der Waals surface area (Å²) >= 11 is 1.15. The number of hydrogen-bond donors (Lipinski definition) is 1. The van der Waals surface area contributed by atoms with Crippen LogP contribution in [0.5, 0.6) is 0 Å². The second-order valence-corrected chi connectivity index (χ2v) is 8.01. The minimum Gasteiger partial charge on any atom is -0.378 e. The van der Waals surface area contributed by atoms with E-state index in [9.17, 15) is 18.0 Å². The first-order chi connectivity index (χ1) is 15.2. The van der Waals surface area contributed by atoms with Crippen LogP contribution < -0.4 is 10.2 Å². The molecule has 32 heavy (non-hydrogen) atoms. The van der Waals surface area contributed by atoms with Crippen molar-refractivity contribution in [2.24, 2.45) is 0 Å². The zero-order valence-electron chi connectivity index (χ0n) is 17.6. The fourth-order valence-electron chi connectivity index (χ4n) is 2.93. The third-order valence-electron chi connectivity index (χ3n) is 4.46. The molecule has 0 bridgehead atoms. The van der Waals surface area contributed by atoms with Gasteiger partial charge in [0.15, 0.2) is 11.0 Å². The monoisotopic (exact) mass is 461 g/mol. The number of anilines is 2. The van der Waals surface area contributed by atoms with Crippen LogP contribution in [0.4, 0.5) is 24.5 Å². The summed E-state index contributed by atoms with van der Waals surface area (Å²) < 4.78 is 40.4. The SMILES string of the molecule is C=CCn1c(SCC(=O)Nc2cccc(C(F)(F)F)c2)nnc1-c1cccc(N(C)C)c1. The summed E-state index contributed by atoms with van der Waals surface area (Å²) in [4.78, 5) is 14.3. The van der Waals surface area contributed by atoms with Gasteiger partial charge in [0.05, 0.1) is 11.3 Å². The number of thioether (sulfide) groups is 1. The Morgan fingerprint density at radius 2 is 1.94 bits per heavy atom. The fourth-order valence-corrected chi connectivity index (χ4v) is 3.67. The second kappa shape index (κ2) is 9.90. The number of nitrogens with zero attached hydrogens (tertiary/aromatic N) is 4. The molecule has 0 saturated carbocycles. The second-order valence-electron chi connectivity index (χ2n) is 7.07. The summed E-state index contributed by atoms with van der Waals surface area (Å²) in [5.41, 5.74) is 1.13. The van der Waals surface area contributed by atoms with Crippen molar-refractivity contribution in [2.75, 3.05) is 30.1 Å². The van der Waals surface area contributed by atoms with E-state index in [-0.39, 0.29) is 11.4 Å². The van der Waals surface area contributed by atoms with Gasteiger partial charge in [0, 0.05) is 37.6 Å². The highest BCUT2D eigenvalue weighted by Crippen LogP contribution is 2.31. The standard InChI is InChI=1S/C22H22F3N5OS/c1-4-11-30-20(15-7-5-10-18(12-15)29(2)3)27-28-21(30)32-14-19(31)26-17-9-6-8-16(13-17)22(23,24)25/h4-10,12-13H,1,11,14H2,2-3H3,(H,26,31). The minimum atomic E-state index is -4.48. The Hall–Kier alpha value is -3.27. The molecule has 10 heteroatoms. The number of nitrogens with one attached hydrogen (secondary N) is 1. The highest BCUT2D eigenvalue weighted by Gasteiger charge is 2.30. The molecule has 1 amide bonds. The molecular formula is C22H22F3N5OS. The van der Waals surface area contributed by atoms with E-state index in [4.69, 9.17) is 0 Å². The lowest BCUT2D eigenvalue weighted by atomic mass is 10.2. The van der Waals surface area contributed by atoms with E-state index >= 15 is 0 Å². The van der Waals surface area contributed by atoms with Crippen LogP contribution in [-0.2, 0) is 17.5 Å². The summed E-state index contributed by atoms with van der Waals surface area (Å²) in [5.74, 6) is 0.150. The average molecular weight is 462 g/mol. The van der Waals surface area contributed by atoms with Gasteiger partial charge in [-0.15, -0.1) is 16.8 Å². The van der Waals surface area contributed by atoms with Crippen molar-refractivity contribution < 1.29 is 18.0 Å². The van der Waals surface area contributed by atoms with Crippen molar-refractivity contribution in [1.82, 2.24) is 14.8 Å². The predicted octanol–water partition coefficient (Wildman–Crippen LogP) is 4.95. The third-order valence-corrected chi connectivity index (χ3v) is 5.42. The summed E-state index contributed by atoms with van der Waals surface area (Å²) in [7, 11) is 3.88. The number of rotatable bonds is 8. The van der Waals surface area contributed by atoms with E-state index in [1.54, 1.807) is 6.08 Å². The molecule has 1 N–H and O–H groups in total. The first kappa shape index (κ1) is 23.4. The maximum Gasteiger partial charge on any atom is 0.416 e. The molecule has 3 rings (SSSR count). The van der Waals surface area contributed by atoms with Gasteiger partial charge in [0.1, 0.15) is 0 Å². The molecule has 0 radical (unpaired) electrons. The van der Waals surface area contributed by atoms with Crippen molar-refractivity contribution >= 4 is 29.0 Å². The Morgan fingerprint density at radius 3 is 2.62 bits per heavy atom. The number of carbonyl (C=O) groups excluding carboxylic acids is 1. The first-order valence-electron chi connectivity index (χ1n) is 9.61. The largest absolute Gasteiger partial charge is 0.416 e. The van der Waals surface area contributed by atoms with Crippen LogP contribution in [0.15, 0.2) is 66.3 Å². The van der Waals surface area contributed by atoms with Gasteiger partial charge in [0.25, 0.3) is 0 Å². The van der Waals surface area contributed by atoms with E-state index in [0.29, 0.717) is 17.5 Å². The summed E-state index contributed by atoms with van der Waals surface area (Å²) in [6.45, 7) is 4.21. The molecule has 3 aromatic rings. The van der Waals surface area contributed by atoms with Crippen molar-refractivity contribution in [3.63, 3.8) is 0 Å². The highest BCUT2D eigenvalue weighted by atomic mass is 32.2. The summed E-state index contributed by atoms with van der Waals surface area (Å²) in [6, 6.07) is 12.3. The Bertz CT molecular complexity index is 1110. The molecule has 0 aliphatic carbocycles. The summed E-state index contributed by atoms with van der Waals surface area (Å²) in [6.07, 6.45) is -2.77. The Kier molecular flexibility index (Phi) is 7.24. The van der Waals surface area contributed by atoms with Gasteiger partial charge in [0.2, 0.25) is 5.91 Å². The molecule has 0 fully saturated rings. The molecule has 0 aliphatic heterocycles. The molecule has 0 atom stereocenters. The Labute approximate surface area is 188 Å². The van der Waals surface area contributed by atoms with Gasteiger partial charge < -0.3 is 10.2 Å². The number of aromatic nitrogens is 3. The lowest BCUT2D eigenvalue weighted by Gasteiger charge is -2.14. The lowest BCUT2D eigenvalue weighted by molar-refractivity contribution is -0.137. The van der Waals surface area contributed by atoms with Gasteiger partial charge in [-0.3, -0.25) is 9.36 Å². The van der Waals surface area contributed by atoms with Crippen LogP contribution >= 0.6 is 11.8 Å². The molecule has 0 unspecified atom stereocenters. The van der Waals surface area contributed by atoms with Gasteiger partial charge in [-0.1, -0.05) is 36.0 Å². The molecule has 6 nitrogen and oxygen atoms in total. The Balaban J connectivity index is 1.73. The zero-order chi connectivity index (χ0) is 23.3. The highest BCUT2D eigenvalue weighted by molar-refractivity contribution is 7.99. The topological polar surface area (TPSA) is 63.1 Å². The van der Waals surface area contributed by atoms with E-state index in [2.05, 4.69) is 22.1 Å².